The van der Waals surface area contributed by atoms with E-state index >= 15 is 0 Å². The summed E-state index contributed by atoms with van der Waals surface area (Å²) < 4.78 is 0. The monoisotopic (exact) mass is 1820 g/mol. The van der Waals surface area contributed by atoms with Crippen molar-refractivity contribution in [2.24, 2.45) is 266 Å². The summed E-state index contributed by atoms with van der Waals surface area (Å²) in [6.07, 6.45) is 86.4. The number of hydrogen-bond acceptors (Lipinski definition) is 0. The maximum atomic E-state index is 2.45. The summed E-state index contributed by atoms with van der Waals surface area (Å²) in [5.41, 5.74) is 0. The molecule has 0 aromatic heterocycles. The van der Waals surface area contributed by atoms with Crippen LogP contribution in [0.15, 0.2) is 0 Å². The van der Waals surface area contributed by atoms with E-state index in [1.165, 1.54) is 233 Å². The molecule has 0 bridgehead atoms. The smallest absolute Gasteiger partial charge is 0.0352 e. The first-order valence-electron chi connectivity index (χ1n) is 56.1. The minimum absolute atomic E-state index is 0. The first-order chi connectivity index (χ1) is 56.1. The summed E-state index contributed by atoms with van der Waals surface area (Å²) in [4.78, 5) is 0. The summed E-state index contributed by atoms with van der Waals surface area (Å²) in [5, 5.41) is 0. The van der Waals surface area contributed by atoms with E-state index in [0.29, 0.717) is 0 Å². The van der Waals surface area contributed by atoms with E-state index in [1.54, 1.807) is 257 Å². The maximum absolute atomic E-state index is 2.45. The van der Waals surface area contributed by atoms with Crippen LogP contribution >= 0.6 is 0 Å². The van der Waals surface area contributed by atoms with Gasteiger partial charge in [-0.3, -0.25) is 0 Å². The van der Waals surface area contributed by atoms with Gasteiger partial charge in [-0.1, -0.05) is 343 Å². The molecule has 130 heavy (non-hydrogen) atoms. The lowest BCUT2D eigenvalue weighted by Crippen LogP contribution is -2.36. The van der Waals surface area contributed by atoms with Crippen molar-refractivity contribution in [2.75, 3.05) is 0 Å². The SMILES string of the molecule is C.C.C.C.C.C.C.C.C.C.C.C.C.C.CC1C2CC12.CC1C2CCC12.CC1C2CCCC12.CC1C2CCCCC12.CC1CC2CC12.CC1CC2CC2C1.CC1CC2CCC2C1.CC1CC2CCCCC12.CC1CC2CCCCC2C1.CC1CCC2CC12.CC1CCC2CC2C1.CC1CCC2CCC12.CC1CCC2CCC2C1.CC1CCC2CCCCC12.CC1CCCC2CC12. The van der Waals surface area contributed by atoms with Crippen LogP contribution in [0, 0.1) is 266 Å². The van der Waals surface area contributed by atoms with Crippen LogP contribution in [0.2, 0.25) is 0 Å². The van der Waals surface area contributed by atoms with Crippen molar-refractivity contribution in [1.29, 1.82) is 0 Å². The Morgan fingerprint density at radius 3 is 0.585 bits per heavy atom. The van der Waals surface area contributed by atoms with Crippen LogP contribution in [0.4, 0.5) is 0 Å². The maximum Gasteiger partial charge on any atom is -0.0352 e. The van der Waals surface area contributed by atoms with Gasteiger partial charge in [0.1, 0.15) is 0 Å². The van der Waals surface area contributed by atoms with Gasteiger partial charge in [0.2, 0.25) is 0 Å². The molecule has 30 aliphatic carbocycles. The predicted octanol–water partition coefficient (Wildman–Crippen LogP) is 44.0. The Balaban J connectivity index is 0.000000469. The molecular formula is C130H258. The molecule has 30 fully saturated rings. The minimum atomic E-state index is 0. The van der Waals surface area contributed by atoms with Crippen LogP contribution in [0.1, 0.15) is 567 Å². The van der Waals surface area contributed by atoms with Gasteiger partial charge in [0.05, 0.1) is 0 Å². The van der Waals surface area contributed by atoms with E-state index in [1.807, 2.05) is 0 Å². The Hall–Kier alpha value is 0. The first-order valence-corrected chi connectivity index (χ1v) is 56.1. The highest BCUT2D eigenvalue weighted by atomic mass is 14.7. The molecular weight excluding hydrogens is 1560 g/mol. The highest BCUT2D eigenvalue weighted by Gasteiger charge is 2.61. The fraction of sp³-hybridized carbons (Fsp3) is 1.00. The summed E-state index contributed by atoms with van der Waals surface area (Å²) >= 11 is 0. The zero-order chi connectivity index (χ0) is 80.6. The lowest BCUT2D eigenvalue weighted by Gasteiger charge is -2.46. The summed E-state index contributed by atoms with van der Waals surface area (Å²) in [6, 6.07) is 0. The van der Waals surface area contributed by atoms with Gasteiger partial charge in [-0.05, 0) is 491 Å². The molecule has 38 atom stereocenters. The fourth-order valence-corrected chi connectivity index (χ4v) is 33.4. The second-order valence-electron chi connectivity index (χ2n) is 52.2. The van der Waals surface area contributed by atoms with E-state index in [4.69, 9.17) is 0 Å². The van der Waals surface area contributed by atoms with Gasteiger partial charge in [0.25, 0.3) is 0 Å². The third kappa shape index (κ3) is 34.4. The van der Waals surface area contributed by atoms with Crippen molar-refractivity contribution in [2.45, 2.75) is 567 Å². The van der Waals surface area contributed by atoms with E-state index in [2.05, 4.69) is 104 Å². The fourth-order valence-electron chi connectivity index (χ4n) is 33.4. The molecule has 0 spiro atoms. The molecule has 0 aliphatic heterocycles. The zero-order valence-corrected chi connectivity index (χ0v) is 80.6. The van der Waals surface area contributed by atoms with Crippen molar-refractivity contribution in [1.82, 2.24) is 0 Å². The summed E-state index contributed by atoms with van der Waals surface area (Å²) in [6.45, 7) is 36.0. The van der Waals surface area contributed by atoms with Crippen molar-refractivity contribution in [3.05, 3.63) is 0 Å². The van der Waals surface area contributed by atoms with Crippen LogP contribution in [0.25, 0.3) is 0 Å². The standard InChI is InChI=1S/2C10H18.2C9H16.5C8H14.3C7H12.2C6H10.C5H8.14CH4/c1-8-6-9-4-2-3-5-10(9)7-8;1-8-6-7-9-4-2-3-5-10(8)9;1-7-2-3-8-4-5-9(8)6-7;1-7-6-8-4-2-3-5-9(7)8;1-6-4-7-2-3-8(7)5-6;1-6-2-3-7-5-8(7)4-6;1-6-2-3-7-4-5-8(6)7;1-6-3-2-4-7-5-8(6)7;1-6-7-4-2-3-5-8(6)7;1-5-2-6-4-7(6)3-5;1-5-2-3-6-4-7(5)6;1-5-6-3-2-4-7(5)6;1-4-2-5-3-6(4)5;1-4-5-2-3-6(4)5;1-3-4-2-5(3)4;;;;;;;;;;;;;;/h2*8-10H,2-7H2,1H3;2*7-9H,2-6H2,1H3;5*6-8H,2-5H2,1H3;3*5-7H,2-4H2,1H3;2*4-6H,2-3H2,1H3;3-5H,2H2,1H3;14*1H4. The van der Waals surface area contributed by atoms with Crippen LogP contribution in [-0.4, -0.2) is 0 Å². The van der Waals surface area contributed by atoms with Crippen LogP contribution in [0.3, 0.4) is 0 Å². The molecule has 0 nitrogen and oxygen atoms in total. The van der Waals surface area contributed by atoms with Crippen molar-refractivity contribution < 1.29 is 0 Å². The summed E-state index contributed by atoms with van der Waals surface area (Å²) in [5.74, 6) is 51.6. The second-order valence-corrected chi connectivity index (χ2v) is 52.2. The second kappa shape index (κ2) is 57.9. The molecule has 0 aromatic rings. The van der Waals surface area contributed by atoms with Gasteiger partial charge in [0, 0.05) is 0 Å². The Bertz CT molecular complexity index is 2770. The van der Waals surface area contributed by atoms with Crippen molar-refractivity contribution in [3.63, 3.8) is 0 Å². The van der Waals surface area contributed by atoms with Crippen molar-refractivity contribution >= 4 is 0 Å². The van der Waals surface area contributed by atoms with Crippen LogP contribution in [-0.2, 0) is 0 Å². The van der Waals surface area contributed by atoms with Gasteiger partial charge in [-0.2, -0.15) is 0 Å². The van der Waals surface area contributed by atoms with Gasteiger partial charge in [-0.15, -0.1) is 0 Å². The molecule has 30 saturated carbocycles. The van der Waals surface area contributed by atoms with Gasteiger partial charge >= 0.3 is 0 Å². The number of hydrogen-bond donors (Lipinski definition) is 0. The molecule has 0 amide bonds. The summed E-state index contributed by atoms with van der Waals surface area (Å²) in [7, 11) is 0. The van der Waals surface area contributed by atoms with E-state index in [0.717, 1.165) is 136 Å². The lowest BCUT2D eigenvalue weighted by molar-refractivity contribution is 0.0421. The molecule has 0 N–H and O–H groups in total. The van der Waals surface area contributed by atoms with E-state index < -0.39 is 0 Å². The molecule has 0 heteroatoms. The van der Waals surface area contributed by atoms with E-state index in [9.17, 15) is 0 Å². The molecule has 30 aliphatic rings. The largest absolute Gasteiger partial charge is 0.0776 e. The Morgan fingerprint density at radius 2 is 0.323 bits per heavy atom. The number of fused-ring (bicyclic) bond motifs is 15. The highest BCUT2D eigenvalue weighted by molar-refractivity contribution is 5.10. The predicted molar refractivity (Wildman–Crippen MR) is 595 cm³/mol. The van der Waals surface area contributed by atoms with E-state index in [-0.39, 0.29) is 104 Å². The third-order valence-corrected chi connectivity index (χ3v) is 44.0. The molecule has 0 radical (unpaired) electrons. The topological polar surface area (TPSA) is 0 Å². The normalized spacial score (nSPS) is 48.1. The van der Waals surface area contributed by atoms with Crippen molar-refractivity contribution in [3.8, 4) is 0 Å². The zero-order valence-electron chi connectivity index (χ0n) is 80.6. The van der Waals surface area contributed by atoms with Gasteiger partial charge in [-0.25, -0.2) is 0 Å². The molecule has 30 rings (SSSR count). The lowest BCUT2D eigenvalue weighted by atomic mass is 9.59. The van der Waals surface area contributed by atoms with Gasteiger partial charge in [0.15, 0.2) is 0 Å². The third-order valence-electron chi connectivity index (χ3n) is 44.0. The first kappa shape index (κ1) is 126. The Morgan fingerprint density at radius 1 is 0.100 bits per heavy atom. The Labute approximate surface area is 828 Å². The quantitative estimate of drug-likeness (QED) is 0.227. The molecule has 778 valence electrons. The number of rotatable bonds is 0. The average molecular weight is 1820 g/mol. The van der Waals surface area contributed by atoms with Crippen LogP contribution in [0.5, 0.6) is 0 Å². The molecule has 0 saturated heterocycles. The van der Waals surface area contributed by atoms with Gasteiger partial charge < -0.3 is 0 Å². The molecule has 38 unspecified atom stereocenters. The highest BCUT2D eigenvalue weighted by Crippen LogP contribution is 2.68. The molecule has 0 heterocycles. The minimum Gasteiger partial charge on any atom is -0.0776 e. The molecule has 0 aromatic carbocycles. The average Bonchev–Trinajstić information content (AvgIpc) is 1.55. The Kier molecular flexibility index (Phi) is 56.2. The van der Waals surface area contributed by atoms with Crippen LogP contribution < -0.4 is 0 Å².